The van der Waals surface area contributed by atoms with Crippen LogP contribution in [0.5, 0.6) is 5.88 Å². The molecule has 1 saturated carbocycles. The van der Waals surface area contributed by atoms with E-state index in [-0.39, 0.29) is 11.7 Å². The monoisotopic (exact) mass is 208 g/mol. The van der Waals surface area contributed by atoms with Crippen molar-refractivity contribution in [3.8, 4) is 5.88 Å². The zero-order valence-corrected chi connectivity index (χ0v) is 9.12. The van der Waals surface area contributed by atoms with Crippen molar-refractivity contribution in [1.82, 2.24) is 9.97 Å². The summed E-state index contributed by atoms with van der Waals surface area (Å²) in [7, 11) is 0. The molecule has 1 aliphatic rings. The Morgan fingerprint density at radius 1 is 1.67 bits per heavy atom. The summed E-state index contributed by atoms with van der Waals surface area (Å²) in [6.07, 6.45) is 3.25. The third-order valence-corrected chi connectivity index (χ3v) is 2.60. The highest BCUT2D eigenvalue weighted by molar-refractivity contribution is 5.14. The topological polar surface area (TPSA) is 55.0 Å². The highest BCUT2D eigenvalue weighted by Gasteiger charge is 2.26. The standard InChI is InChI=1S/C11H16N2O2/c1-3-7(2)15-10-6-9(14)12-11(13-10)8-4-5-8/h6-8H,3-5H2,1-2H3,(H,12,13,14). The molecule has 82 valence electrons. The van der Waals surface area contributed by atoms with Crippen LogP contribution < -0.4 is 10.3 Å². The lowest BCUT2D eigenvalue weighted by atomic mass is 10.3. The van der Waals surface area contributed by atoms with Crippen molar-refractivity contribution in [1.29, 1.82) is 0 Å². The van der Waals surface area contributed by atoms with E-state index in [0.717, 1.165) is 25.1 Å². The highest BCUT2D eigenvalue weighted by Crippen LogP contribution is 2.37. The number of nitrogens with zero attached hydrogens (tertiary/aromatic N) is 1. The fourth-order valence-electron chi connectivity index (χ4n) is 1.35. The molecule has 1 aromatic rings. The molecule has 1 atom stereocenters. The number of hydrogen-bond donors (Lipinski definition) is 1. The van der Waals surface area contributed by atoms with Crippen molar-refractivity contribution in [2.45, 2.75) is 45.1 Å². The van der Waals surface area contributed by atoms with Gasteiger partial charge in [-0.2, -0.15) is 4.98 Å². The van der Waals surface area contributed by atoms with Gasteiger partial charge in [0.1, 0.15) is 5.82 Å². The first-order chi connectivity index (χ1) is 7.19. The lowest BCUT2D eigenvalue weighted by molar-refractivity contribution is 0.207. The van der Waals surface area contributed by atoms with Crippen molar-refractivity contribution in [2.24, 2.45) is 0 Å². The first kappa shape index (κ1) is 10.2. The molecule has 0 aromatic carbocycles. The largest absolute Gasteiger partial charge is 0.474 e. The van der Waals surface area contributed by atoms with Gasteiger partial charge in [0.15, 0.2) is 0 Å². The molecule has 1 aromatic heterocycles. The Kier molecular flexibility index (Phi) is 2.75. The second-order valence-electron chi connectivity index (χ2n) is 4.08. The second kappa shape index (κ2) is 4.04. The second-order valence-corrected chi connectivity index (χ2v) is 4.08. The number of rotatable bonds is 4. The molecule has 1 aliphatic carbocycles. The number of aromatic amines is 1. The zero-order chi connectivity index (χ0) is 10.8. The summed E-state index contributed by atoms with van der Waals surface area (Å²) < 4.78 is 5.53. The fraction of sp³-hybridized carbons (Fsp3) is 0.636. The summed E-state index contributed by atoms with van der Waals surface area (Å²) in [5, 5.41) is 0. The van der Waals surface area contributed by atoms with Gasteiger partial charge in [-0.1, -0.05) is 6.92 Å². The van der Waals surface area contributed by atoms with E-state index < -0.39 is 0 Å². The van der Waals surface area contributed by atoms with Crippen LogP contribution in [0.3, 0.4) is 0 Å². The van der Waals surface area contributed by atoms with Crippen LogP contribution in [0.15, 0.2) is 10.9 Å². The van der Waals surface area contributed by atoms with Crippen LogP contribution in [0.2, 0.25) is 0 Å². The van der Waals surface area contributed by atoms with Crippen LogP contribution in [-0.2, 0) is 0 Å². The third-order valence-electron chi connectivity index (χ3n) is 2.60. The van der Waals surface area contributed by atoms with Crippen molar-refractivity contribution < 1.29 is 4.74 Å². The zero-order valence-electron chi connectivity index (χ0n) is 9.12. The van der Waals surface area contributed by atoms with E-state index >= 15 is 0 Å². The SMILES string of the molecule is CCC(C)Oc1cc(=O)[nH]c(C2CC2)n1. The molecule has 1 heterocycles. The average Bonchev–Trinajstić information content (AvgIpc) is 2.99. The molecule has 15 heavy (non-hydrogen) atoms. The maximum atomic E-state index is 11.3. The van der Waals surface area contributed by atoms with Gasteiger partial charge in [0.2, 0.25) is 5.88 Å². The Balaban J connectivity index is 2.19. The first-order valence-electron chi connectivity index (χ1n) is 5.47. The van der Waals surface area contributed by atoms with E-state index in [9.17, 15) is 4.79 Å². The molecular formula is C11H16N2O2. The number of hydrogen-bond acceptors (Lipinski definition) is 3. The maximum Gasteiger partial charge on any atom is 0.254 e. The normalized spacial score (nSPS) is 17.5. The summed E-state index contributed by atoms with van der Waals surface area (Å²) in [4.78, 5) is 18.4. The Morgan fingerprint density at radius 3 is 3.00 bits per heavy atom. The van der Waals surface area contributed by atoms with E-state index in [1.807, 2.05) is 13.8 Å². The number of nitrogens with one attached hydrogen (secondary N) is 1. The minimum absolute atomic E-state index is 0.103. The molecule has 0 aliphatic heterocycles. The Labute approximate surface area is 88.7 Å². The third kappa shape index (κ3) is 2.58. The van der Waals surface area contributed by atoms with E-state index in [1.165, 1.54) is 6.07 Å². The van der Waals surface area contributed by atoms with E-state index in [2.05, 4.69) is 9.97 Å². The molecular weight excluding hydrogens is 192 g/mol. The van der Waals surface area contributed by atoms with Gasteiger partial charge in [-0.05, 0) is 26.2 Å². The molecule has 1 N–H and O–H groups in total. The average molecular weight is 208 g/mol. The Bertz CT molecular complexity index is 396. The number of aromatic nitrogens is 2. The minimum Gasteiger partial charge on any atom is -0.474 e. The molecule has 1 fully saturated rings. The smallest absolute Gasteiger partial charge is 0.254 e. The molecule has 2 rings (SSSR count). The molecule has 0 saturated heterocycles. The van der Waals surface area contributed by atoms with Gasteiger partial charge < -0.3 is 9.72 Å². The molecule has 4 heteroatoms. The van der Waals surface area contributed by atoms with Crippen molar-refractivity contribution in [3.05, 3.63) is 22.2 Å². The lowest BCUT2D eigenvalue weighted by Gasteiger charge is -2.11. The minimum atomic E-state index is -0.120. The van der Waals surface area contributed by atoms with Crippen molar-refractivity contribution in [2.75, 3.05) is 0 Å². The van der Waals surface area contributed by atoms with Crippen LogP contribution in [0.1, 0.15) is 44.9 Å². The predicted octanol–water partition coefficient (Wildman–Crippen LogP) is 1.82. The van der Waals surface area contributed by atoms with Gasteiger partial charge >= 0.3 is 0 Å². The van der Waals surface area contributed by atoms with Crippen LogP contribution in [-0.4, -0.2) is 16.1 Å². The summed E-state index contributed by atoms with van der Waals surface area (Å²) in [5.41, 5.74) is -0.120. The molecule has 1 unspecified atom stereocenters. The van der Waals surface area contributed by atoms with Crippen molar-refractivity contribution in [3.63, 3.8) is 0 Å². The summed E-state index contributed by atoms with van der Waals surface area (Å²) in [6.45, 7) is 4.01. The summed E-state index contributed by atoms with van der Waals surface area (Å²) in [6, 6.07) is 1.41. The van der Waals surface area contributed by atoms with Crippen LogP contribution >= 0.6 is 0 Å². The van der Waals surface area contributed by atoms with E-state index in [1.54, 1.807) is 0 Å². The van der Waals surface area contributed by atoms with Gasteiger partial charge in [0.25, 0.3) is 5.56 Å². The van der Waals surface area contributed by atoms with Crippen LogP contribution in [0.25, 0.3) is 0 Å². The quantitative estimate of drug-likeness (QED) is 0.821. The number of H-pyrrole nitrogens is 1. The molecule has 0 radical (unpaired) electrons. The molecule has 4 nitrogen and oxygen atoms in total. The maximum absolute atomic E-state index is 11.3. The van der Waals surface area contributed by atoms with Gasteiger partial charge in [-0.3, -0.25) is 4.79 Å². The van der Waals surface area contributed by atoms with Gasteiger partial charge in [0, 0.05) is 5.92 Å². The van der Waals surface area contributed by atoms with E-state index in [0.29, 0.717) is 11.8 Å². The van der Waals surface area contributed by atoms with Gasteiger partial charge in [-0.15, -0.1) is 0 Å². The van der Waals surface area contributed by atoms with Crippen LogP contribution in [0.4, 0.5) is 0 Å². The van der Waals surface area contributed by atoms with Crippen LogP contribution in [0, 0.1) is 0 Å². The van der Waals surface area contributed by atoms with Crippen molar-refractivity contribution >= 4 is 0 Å². The summed E-state index contributed by atoms with van der Waals surface area (Å²) >= 11 is 0. The fourth-order valence-corrected chi connectivity index (χ4v) is 1.35. The number of ether oxygens (including phenoxy) is 1. The Morgan fingerprint density at radius 2 is 2.40 bits per heavy atom. The Hall–Kier alpha value is -1.32. The predicted molar refractivity (Wildman–Crippen MR) is 57.2 cm³/mol. The highest BCUT2D eigenvalue weighted by atomic mass is 16.5. The van der Waals surface area contributed by atoms with Gasteiger partial charge in [0.05, 0.1) is 12.2 Å². The molecule has 0 spiro atoms. The van der Waals surface area contributed by atoms with Gasteiger partial charge in [-0.25, -0.2) is 0 Å². The molecule has 0 bridgehead atoms. The first-order valence-corrected chi connectivity index (χ1v) is 5.47. The van der Waals surface area contributed by atoms with E-state index in [4.69, 9.17) is 4.74 Å². The molecule has 0 amide bonds. The lowest BCUT2D eigenvalue weighted by Crippen LogP contribution is -2.16. The summed E-state index contributed by atoms with van der Waals surface area (Å²) in [5.74, 6) is 1.67.